The van der Waals surface area contributed by atoms with Crippen LogP contribution in [0.5, 0.6) is 0 Å². The second kappa shape index (κ2) is 6.74. The lowest BCUT2D eigenvalue weighted by Crippen LogP contribution is -2.44. The number of carbonyl (C=O) groups is 1. The quantitative estimate of drug-likeness (QED) is 0.770. The summed E-state index contributed by atoms with van der Waals surface area (Å²) in [6, 6.07) is 3.86. The van der Waals surface area contributed by atoms with E-state index < -0.39 is 21.5 Å². The van der Waals surface area contributed by atoms with E-state index in [1.807, 2.05) is 0 Å². The van der Waals surface area contributed by atoms with Gasteiger partial charge in [0, 0.05) is 12.1 Å². The number of ether oxygens (including phenoxy) is 1. The molecule has 0 aliphatic rings. The zero-order valence-corrected chi connectivity index (χ0v) is 13.6. The third-order valence-electron chi connectivity index (χ3n) is 2.79. The van der Waals surface area contributed by atoms with Gasteiger partial charge in [0.05, 0.1) is 17.7 Å². The summed E-state index contributed by atoms with van der Waals surface area (Å²) in [5.41, 5.74) is -0.764. The van der Waals surface area contributed by atoms with Crippen molar-refractivity contribution in [2.45, 2.75) is 30.7 Å². The van der Waals surface area contributed by atoms with Crippen molar-refractivity contribution in [2.75, 3.05) is 13.7 Å². The van der Waals surface area contributed by atoms with Gasteiger partial charge in [0.15, 0.2) is 0 Å². The molecule has 0 bridgehead atoms. The molecule has 1 aromatic carbocycles. The van der Waals surface area contributed by atoms with E-state index in [2.05, 4.69) is 9.46 Å². The normalized spacial score (nSPS) is 12.2. The van der Waals surface area contributed by atoms with Crippen molar-refractivity contribution >= 4 is 27.6 Å². The van der Waals surface area contributed by atoms with Crippen LogP contribution >= 0.6 is 11.6 Å². The van der Waals surface area contributed by atoms with Crippen LogP contribution in [-0.2, 0) is 14.8 Å². The highest BCUT2D eigenvalue weighted by molar-refractivity contribution is 7.89. The van der Waals surface area contributed by atoms with E-state index in [1.165, 1.54) is 19.2 Å². The minimum atomic E-state index is -3.94. The Kier molecular flexibility index (Phi) is 5.75. The Hall–Kier alpha value is -1.15. The van der Waals surface area contributed by atoms with Gasteiger partial charge in [-0.3, -0.25) is 0 Å². The van der Waals surface area contributed by atoms with E-state index in [9.17, 15) is 13.2 Å². The molecule has 0 aliphatic heterocycles. The molecule has 0 aromatic heterocycles. The number of benzene rings is 1. The SMILES string of the molecule is COC(=O)c1ccc(Cl)c(S(=O)(=O)NC(C)(C)CCO)c1. The standard InChI is InChI=1S/C13H18ClNO5S/c1-13(2,6-7-16)15-21(18,19)11-8-9(12(17)20-3)4-5-10(11)14/h4-5,8,15-16H,6-7H2,1-3H3. The average molecular weight is 336 g/mol. The molecule has 6 nitrogen and oxygen atoms in total. The van der Waals surface area contributed by atoms with Crippen LogP contribution in [0.25, 0.3) is 0 Å². The van der Waals surface area contributed by atoms with Gasteiger partial charge in [-0.1, -0.05) is 11.6 Å². The van der Waals surface area contributed by atoms with E-state index in [0.29, 0.717) is 0 Å². The largest absolute Gasteiger partial charge is 0.465 e. The van der Waals surface area contributed by atoms with Gasteiger partial charge in [-0.15, -0.1) is 0 Å². The number of rotatable bonds is 6. The van der Waals surface area contributed by atoms with Crippen LogP contribution in [0.4, 0.5) is 0 Å². The van der Waals surface area contributed by atoms with E-state index in [-0.39, 0.29) is 28.5 Å². The Morgan fingerprint density at radius 2 is 2.05 bits per heavy atom. The fraction of sp³-hybridized carbons (Fsp3) is 0.462. The lowest BCUT2D eigenvalue weighted by molar-refractivity contribution is 0.0600. The minimum absolute atomic E-state index is 0.00467. The summed E-state index contributed by atoms with van der Waals surface area (Å²) in [5, 5.41) is 8.95. The van der Waals surface area contributed by atoms with Gasteiger partial charge < -0.3 is 9.84 Å². The Bertz CT molecular complexity index is 627. The average Bonchev–Trinajstić information content (AvgIpc) is 2.36. The summed E-state index contributed by atoms with van der Waals surface area (Å²) in [7, 11) is -2.73. The number of nitrogens with one attached hydrogen (secondary N) is 1. The molecular formula is C13H18ClNO5S. The molecule has 0 radical (unpaired) electrons. The number of hydrogen-bond acceptors (Lipinski definition) is 5. The monoisotopic (exact) mass is 335 g/mol. The number of esters is 1. The number of sulfonamides is 1. The van der Waals surface area contributed by atoms with Gasteiger partial charge >= 0.3 is 5.97 Å². The highest BCUT2D eigenvalue weighted by Gasteiger charge is 2.28. The van der Waals surface area contributed by atoms with Crippen LogP contribution < -0.4 is 4.72 Å². The summed E-state index contributed by atoms with van der Waals surface area (Å²) in [6.07, 6.45) is 0.237. The molecule has 0 fully saturated rings. The van der Waals surface area contributed by atoms with Crippen LogP contribution in [0.1, 0.15) is 30.6 Å². The third kappa shape index (κ3) is 4.67. The van der Waals surface area contributed by atoms with Crippen molar-refractivity contribution in [3.8, 4) is 0 Å². The van der Waals surface area contributed by atoms with Crippen molar-refractivity contribution in [3.63, 3.8) is 0 Å². The summed E-state index contributed by atoms with van der Waals surface area (Å²) < 4.78 is 31.8. The summed E-state index contributed by atoms with van der Waals surface area (Å²) in [6.45, 7) is 3.11. The Balaban J connectivity index is 3.22. The van der Waals surface area contributed by atoms with Gasteiger partial charge in [-0.2, -0.15) is 0 Å². The van der Waals surface area contributed by atoms with Crippen LogP contribution in [0.2, 0.25) is 5.02 Å². The smallest absolute Gasteiger partial charge is 0.337 e. The van der Waals surface area contributed by atoms with Crippen molar-refractivity contribution in [1.82, 2.24) is 4.72 Å². The highest BCUT2D eigenvalue weighted by Crippen LogP contribution is 2.25. The molecule has 0 unspecified atom stereocenters. The molecule has 0 heterocycles. The predicted octanol–water partition coefficient (Wildman–Crippen LogP) is 1.57. The Labute approximate surface area is 129 Å². The predicted molar refractivity (Wildman–Crippen MR) is 78.9 cm³/mol. The third-order valence-corrected chi connectivity index (χ3v) is 4.97. The molecule has 0 aliphatic carbocycles. The van der Waals surface area contributed by atoms with Crippen molar-refractivity contribution < 1.29 is 23.1 Å². The van der Waals surface area contributed by atoms with Gasteiger partial charge in [0.25, 0.3) is 0 Å². The zero-order valence-electron chi connectivity index (χ0n) is 12.0. The number of aliphatic hydroxyl groups excluding tert-OH is 1. The molecule has 0 spiro atoms. The molecule has 1 rings (SSSR count). The van der Waals surface area contributed by atoms with E-state index in [4.69, 9.17) is 16.7 Å². The van der Waals surface area contributed by atoms with Crippen LogP contribution in [0.15, 0.2) is 23.1 Å². The van der Waals surface area contributed by atoms with Crippen LogP contribution in [0, 0.1) is 0 Å². The second-order valence-corrected chi connectivity index (χ2v) is 7.16. The maximum atomic E-state index is 12.4. The molecule has 0 saturated carbocycles. The fourth-order valence-electron chi connectivity index (χ4n) is 1.70. The lowest BCUT2D eigenvalue weighted by atomic mass is 10.0. The molecule has 0 atom stereocenters. The molecule has 118 valence electrons. The van der Waals surface area contributed by atoms with Crippen LogP contribution in [-0.4, -0.2) is 38.7 Å². The first-order valence-electron chi connectivity index (χ1n) is 6.15. The van der Waals surface area contributed by atoms with Crippen molar-refractivity contribution in [2.24, 2.45) is 0 Å². The fourth-order valence-corrected chi connectivity index (χ4v) is 3.67. The van der Waals surface area contributed by atoms with Crippen molar-refractivity contribution in [1.29, 1.82) is 0 Å². The van der Waals surface area contributed by atoms with E-state index >= 15 is 0 Å². The minimum Gasteiger partial charge on any atom is -0.465 e. The number of aliphatic hydroxyl groups is 1. The number of hydrogen-bond donors (Lipinski definition) is 2. The first-order valence-corrected chi connectivity index (χ1v) is 8.02. The molecule has 2 N–H and O–H groups in total. The maximum absolute atomic E-state index is 12.4. The summed E-state index contributed by atoms with van der Waals surface area (Å²) >= 11 is 5.91. The molecule has 21 heavy (non-hydrogen) atoms. The highest BCUT2D eigenvalue weighted by atomic mass is 35.5. The van der Waals surface area contributed by atoms with E-state index in [1.54, 1.807) is 13.8 Å². The first-order chi connectivity index (χ1) is 9.63. The number of carbonyl (C=O) groups excluding carboxylic acids is 1. The maximum Gasteiger partial charge on any atom is 0.337 e. The first kappa shape index (κ1) is 17.9. The number of halogens is 1. The molecular weight excluding hydrogens is 318 g/mol. The van der Waals surface area contributed by atoms with Gasteiger partial charge in [0.2, 0.25) is 10.0 Å². The zero-order chi connectivity index (χ0) is 16.3. The van der Waals surface area contributed by atoms with E-state index in [0.717, 1.165) is 6.07 Å². The van der Waals surface area contributed by atoms with Crippen molar-refractivity contribution in [3.05, 3.63) is 28.8 Å². The van der Waals surface area contributed by atoms with Gasteiger partial charge in [-0.25, -0.2) is 17.9 Å². The molecule has 8 heteroatoms. The summed E-state index contributed by atoms with van der Waals surface area (Å²) in [5.74, 6) is -0.655. The molecule has 0 amide bonds. The van der Waals surface area contributed by atoms with Gasteiger partial charge in [0.1, 0.15) is 4.90 Å². The number of methoxy groups -OCH3 is 1. The van der Waals surface area contributed by atoms with Crippen LogP contribution in [0.3, 0.4) is 0 Å². The molecule has 0 saturated heterocycles. The summed E-state index contributed by atoms with van der Waals surface area (Å²) in [4.78, 5) is 11.3. The topological polar surface area (TPSA) is 92.7 Å². The molecule has 1 aromatic rings. The second-order valence-electron chi connectivity index (χ2n) is 5.10. The Morgan fingerprint density at radius 3 is 2.57 bits per heavy atom. The van der Waals surface area contributed by atoms with Gasteiger partial charge in [-0.05, 0) is 38.5 Å². The Morgan fingerprint density at radius 1 is 1.43 bits per heavy atom. The lowest BCUT2D eigenvalue weighted by Gasteiger charge is -2.25.